The maximum Gasteiger partial charge on any atom is 0.225 e. The van der Waals surface area contributed by atoms with Crippen LogP contribution < -0.4 is 4.74 Å². The van der Waals surface area contributed by atoms with Crippen LogP contribution in [0.5, 0.6) is 5.88 Å². The Morgan fingerprint density at radius 3 is 2.66 bits per heavy atom. The van der Waals surface area contributed by atoms with Crippen molar-refractivity contribution < 1.29 is 13.9 Å². The molecule has 0 saturated carbocycles. The average Bonchev–Trinajstić information content (AvgIpc) is 3.17. The van der Waals surface area contributed by atoms with Crippen LogP contribution in [-0.4, -0.2) is 34.9 Å². The number of rotatable bonds is 5. The average molecular weight is 391 g/mol. The van der Waals surface area contributed by atoms with Gasteiger partial charge in [-0.2, -0.15) is 4.98 Å². The van der Waals surface area contributed by atoms with Gasteiger partial charge in [0.15, 0.2) is 5.82 Å². The highest BCUT2D eigenvalue weighted by Crippen LogP contribution is 2.31. The number of aromatic nitrogens is 2. The van der Waals surface area contributed by atoms with E-state index in [4.69, 9.17) is 14.1 Å². The van der Waals surface area contributed by atoms with Crippen LogP contribution >= 0.6 is 0 Å². The molecule has 150 valence electrons. The van der Waals surface area contributed by atoms with Crippen molar-refractivity contribution >= 4 is 5.91 Å². The van der Waals surface area contributed by atoms with Crippen LogP contribution in [-0.2, 0) is 24.2 Å². The van der Waals surface area contributed by atoms with Crippen molar-refractivity contribution in [2.75, 3.05) is 14.2 Å². The maximum absolute atomic E-state index is 13.0. The summed E-state index contributed by atoms with van der Waals surface area (Å²) < 4.78 is 11.0. The third kappa shape index (κ3) is 4.16. The van der Waals surface area contributed by atoms with Crippen molar-refractivity contribution in [3.05, 3.63) is 65.7 Å². The van der Waals surface area contributed by atoms with Crippen LogP contribution in [0.4, 0.5) is 0 Å². The first kappa shape index (κ1) is 19.2. The standard InChI is InChI=1S/C23H25N3O3/c1-26(15-18-9-6-14-29-18)23(27)17-10-12-19-20(13-11-17)24-21(25-22(19)28-2)16-7-4-3-5-8-16/h3-9,14,17H,10-13,15H2,1-2H3. The van der Waals surface area contributed by atoms with E-state index in [0.717, 1.165) is 48.3 Å². The van der Waals surface area contributed by atoms with Gasteiger partial charge < -0.3 is 14.1 Å². The molecule has 3 aromatic rings. The summed E-state index contributed by atoms with van der Waals surface area (Å²) in [4.78, 5) is 24.2. The number of benzene rings is 1. The van der Waals surface area contributed by atoms with Crippen molar-refractivity contribution in [1.82, 2.24) is 14.9 Å². The predicted octanol–water partition coefficient (Wildman–Crippen LogP) is 3.90. The van der Waals surface area contributed by atoms with Crippen LogP contribution in [0, 0.1) is 5.92 Å². The Labute approximate surface area is 170 Å². The molecule has 1 aliphatic carbocycles. The molecule has 1 unspecified atom stereocenters. The zero-order valence-corrected chi connectivity index (χ0v) is 16.8. The van der Waals surface area contributed by atoms with Gasteiger partial charge in [0.2, 0.25) is 11.8 Å². The Hall–Kier alpha value is -3.15. The van der Waals surface area contributed by atoms with E-state index in [0.29, 0.717) is 18.2 Å². The van der Waals surface area contributed by atoms with Crippen molar-refractivity contribution in [3.8, 4) is 17.3 Å². The minimum Gasteiger partial charge on any atom is -0.481 e. The van der Waals surface area contributed by atoms with Crippen molar-refractivity contribution in [2.45, 2.75) is 32.2 Å². The zero-order chi connectivity index (χ0) is 20.2. The van der Waals surface area contributed by atoms with E-state index in [2.05, 4.69) is 4.98 Å². The minimum absolute atomic E-state index is 0.0472. The Kier molecular flexibility index (Phi) is 5.60. The lowest BCUT2D eigenvalue weighted by molar-refractivity contribution is -0.135. The number of fused-ring (bicyclic) bond motifs is 1. The Balaban J connectivity index is 1.53. The summed E-state index contributed by atoms with van der Waals surface area (Å²) in [6.07, 6.45) is 4.63. The second-order valence-electron chi connectivity index (χ2n) is 7.40. The van der Waals surface area contributed by atoms with Crippen LogP contribution in [0.25, 0.3) is 11.4 Å². The maximum atomic E-state index is 13.0. The highest BCUT2D eigenvalue weighted by atomic mass is 16.5. The SMILES string of the molecule is COc1nc(-c2ccccc2)nc2c1CCC(C(=O)N(C)Cc1ccco1)CC2. The lowest BCUT2D eigenvalue weighted by Gasteiger charge is -2.21. The van der Waals surface area contributed by atoms with Gasteiger partial charge in [0, 0.05) is 24.1 Å². The van der Waals surface area contributed by atoms with Crippen molar-refractivity contribution in [3.63, 3.8) is 0 Å². The molecule has 0 aliphatic heterocycles. The molecule has 0 saturated heterocycles. The number of aryl methyl sites for hydroxylation is 1. The van der Waals surface area contributed by atoms with Crippen LogP contribution in [0.3, 0.4) is 0 Å². The Bertz CT molecular complexity index is 971. The van der Waals surface area contributed by atoms with Gasteiger partial charge in [-0.05, 0) is 37.8 Å². The van der Waals surface area contributed by atoms with E-state index >= 15 is 0 Å². The van der Waals surface area contributed by atoms with Crippen LogP contribution in [0.2, 0.25) is 0 Å². The Morgan fingerprint density at radius 2 is 1.93 bits per heavy atom. The molecule has 1 aromatic carbocycles. The molecule has 4 rings (SSSR count). The molecule has 0 fully saturated rings. The van der Waals surface area contributed by atoms with Crippen molar-refractivity contribution in [1.29, 1.82) is 0 Å². The molecule has 6 heteroatoms. The van der Waals surface area contributed by atoms with E-state index in [9.17, 15) is 4.79 Å². The molecule has 0 N–H and O–H groups in total. The van der Waals surface area contributed by atoms with E-state index < -0.39 is 0 Å². The number of amides is 1. The van der Waals surface area contributed by atoms with Gasteiger partial charge in [-0.1, -0.05) is 30.3 Å². The van der Waals surface area contributed by atoms with Crippen LogP contribution in [0.15, 0.2) is 53.1 Å². The lowest BCUT2D eigenvalue weighted by atomic mass is 9.98. The number of furan rings is 1. The fourth-order valence-electron chi connectivity index (χ4n) is 3.90. The molecular weight excluding hydrogens is 366 g/mol. The van der Waals surface area contributed by atoms with E-state index in [1.165, 1.54) is 0 Å². The van der Waals surface area contributed by atoms with Gasteiger partial charge >= 0.3 is 0 Å². The number of hydrogen-bond acceptors (Lipinski definition) is 5. The third-order valence-electron chi connectivity index (χ3n) is 5.45. The fourth-order valence-corrected chi connectivity index (χ4v) is 3.90. The summed E-state index contributed by atoms with van der Waals surface area (Å²) in [5.41, 5.74) is 2.97. The molecule has 29 heavy (non-hydrogen) atoms. The monoisotopic (exact) mass is 391 g/mol. The predicted molar refractivity (Wildman–Crippen MR) is 109 cm³/mol. The molecule has 6 nitrogen and oxygen atoms in total. The number of hydrogen-bond donors (Lipinski definition) is 0. The molecule has 2 heterocycles. The van der Waals surface area contributed by atoms with E-state index in [1.807, 2.05) is 49.5 Å². The summed E-state index contributed by atoms with van der Waals surface area (Å²) >= 11 is 0. The topological polar surface area (TPSA) is 68.5 Å². The molecule has 0 bridgehead atoms. The second-order valence-corrected chi connectivity index (χ2v) is 7.40. The highest BCUT2D eigenvalue weighted by Gasteiger charge is 2.28. The molecule has 0 radical (unpaired) electrons. The first-order valence-electron chi connectivity index (χ1n) is 9.92. The van der Waals surface area contributed by atoms with Crippen LogP contribution in [0.1, 0.15) is 29.9 Å². The van der Waals surface area contributed by atoms with Gasteiger partial charge in [-0.15, -0.1) is 0 Å². The normalized spacial score (nSPS) is 16.0. The van der Waals surface area contributed by atoms with Gasteiger partial charge in [0.1, 0.15) is 5.76 Å². The van der Waals surface area contributed by atoms with Gasteiger partial charge in [-0.3, -0.25) is 4.79 Å². The molecule has 1 atom stereocenters. The largest absolute Gasteiger partial charge is 0.481 e. The zero-order valence-electron chi connectivity index (χ0n) is 16.8. The molecule has 2 aromatic heterocycles. The Morgan fingerprint density at radius 1 is 1.14 bits per heavy atom. The smallest absolute Gasteiger partial charge is 0.225 e. The first-order chi connectivity index (χ1) is 14.2. The third-order valence-corrected chi connectivity index (χ3v) is 5.45. The number of carbonyl (C=O) groups is 1. The first-order valence-corrected chi connectivity index (χ1v) is 9.92. The van der Waals surface area contributed by atoms with E-state index in [1.54, 1.807) is 18.3 Å². The molecule has 1 amide bonds. The minimum atomic E-state index is -0.0472. The number of methoxy groups -OCH3 is 1. The molecular formula is C23H25N3O3. The van der Waals surface area contributed by atoms with Gasteiger partial charge in [-0.25, -0.2) is 4.98 Å². The quantitative estimate of drug-likeness (QED) is 0.617. The van der Waals surface area contributed by atoms with Crippen molar-refractivity contribution in [2.24, 2.45) is 5.92 Å². The second kappa shape index (κ2) is 8.47. The number of ether oxygens (including phenoxy) is 1. The summed E-state index contributed by atoms with van der Waals surface area (Å²) in [7, 11) is 3.47. The number of carbonyl (C=O) groups excluding carboxylic acids is 1. The number of nitrogens with zero attached hydrogens (tertiary/aromatic N) is 3. The fraction of sp³-hybridized carbons (Fsp3) is 0.348. The summed E-state index contributed by atoms with van der Waals surface area (Å²) in [6.45, 7) is 0.483. The molecule has 1 aliphatic rings. The molecule has 0 spiro atoms. The summed E-state index contributed by atoms with van der Waals surface area (Å²) in [5.74, 6) is 2.17. The highest BCUT2D eigenvalue weighted by molar-refractivity contribution is 5.78. The lowest BCUT2D eigenvalue weighted by Crippen LogP contribution is -2.32. The summed E-state index contributed by atoms with van der Waals surface area (Å²) in [5, 5.41) is 0. The summed E-state index contributed by atoms with van der Waals surface area (Å²) in [6, 6.07) is 13.6. The van der Waals surface area contributed by atoms with Gasteiger partial charge in [0.25, 0.3) is 0 Å². The van der Waals surface area contributed by atoms with E-state index in [-0.39, 0.29) is 11.8 Å². The van der Waals surface area contributed by atoms with Gasteiger partial charge in [0.05, 0.1) is 25.6 Å².